The minimum Gasteiger partial charge on any atom is -0.497 e. The van der Waals surface area contributed by atoms with Crippen LogP contribution in [-0.2, 0) is 7.05 Å². The van der Waals surface area contributed by atoms with Crippen LogP contribution in [-0.4, -0.2) is 37.5 Å². The molecule has 0 saturated carbocycles. The number of methoxy groups -OCH3 is 1. The summed E-state index contributed by atoms with van der Waals surface area (Å²) in [5.41, 5.74) is 4.01. The Kier molecular flexibility index (Phi) is 5.21. The van der Waals surface area contributed by atoms with E-state index in [1.54, 1.807) is 23.0 Å². The molecule has 0 spiro atoms. The van der Waals surface area contributed by atoms with Gasteiger partial charge in [-0.25, -0.2) is 14.5 Å². The third-order valence-corrected chi connectivity index (χ3v) is 5.16. The van der Waals surface area contributed by atoms with Gasteiger partial charge in [-0.1, -0.05) is 18.2 Å². The number of anilines is 2. The second-order valence-electron chi connectivity index (χ2n) is 7.21. The number of imidazole rings is 1. The van der Waals surface area contributed by atoms with Gasteiger partial charge in [0.05, 0.1) is 35.3 Å². The lowest BCUT2D eigenvalue weighted by Crippen LogP contribution is -2.09. The van der Waals surface area contributed by atoms with E-state index in [-0.39, 0.29) is 5.56 Å². The predicted molar refractivity (Wildman–Crippen MR) is 118 cm³/mol. The molecule has 4 rings (SSSR count). The molecule has 8 nitrogen and oxygen atoms in total. The number of aromatic carboxylic acids is 1. The number of carboxylic acids is 1. The predicted octanol–water partition coefficient (Wildman–Crippen LogP) is 4.34. The Morgan fingerprint density at radius 2 is 1.94 bits per heavy atom. The van der Waals surface area contributed by atoms with E-state index >= 15 is 0 Å². The topological polar surface area (TPSA) is 94.2 Å². The van der Waals surface area contributed by atoms with E-state index in [0.717, 1.165) is 28.3 Å². The van der Waals surface area contributed by atoms with Crippen molar-refractivity contribution in [1.29, 1.82) is 0 Å². The van der Waals surface area contributed by atoms with E-state index < -0.39 is 5.97 Å². The van der Waals surface area contributed by atoms with Crippen LogP contribution in [0.15, 0.2) is 54.9 Å². The number of carboxylic acid groups (broad SMARTS) is 1. The van der Waals surface area contributed by atoms with Crippen molar-refractivity contribution < 1.29 is 14.6 Å². The van der Waals surface area contributed by atoms with Gasteiger partial charge in [-0.2, -0.15) is 5.10 Å². The summed E-state index contributed by atoms with van der Waals surface area (Å²) in [4.78, 5) is 16.4. The van der Waals surface area contributed by atoms with E-state index in [0.29, 0.717) is 17.3 Å². The third-order valence-electron chi connectivity index (χ3n) is 5.16. The molecule has 8 heteroatoms. The van der Waals surface area contributed by atoms with Crippen molar-refractivity contribution in [2.75, 3.05) is 12.4 Å². The summed E-state index contributed by atoms with van der Waals surface area (Å²) >= 11 is 0. The Bertz CT molecular complexity index is 1270. The van der Waals surface area contributed by atoms with Crippen LogP contribution in [0.2, 0.25) is 0 Å². The number of benzene rings is 2. The van der Waals surface area contributed by atoms with Crippen LogP contribution in [0.1, 0.15) is 21.6 Å². The van der Waals surface area contributed by atoms with Crippen molar-refractivity contribution in [3.8, 4) is 22.8 Å². The number of carbonyl (C=O) groups is 1. The maximum Gasteiger partial charge on any atom is 0.337 e. The van der Waals surface area contributed by atoms with Crippen LogP contribution in [0.4, 0.5) is 11.5 Å². The number of nitrogens with zero attached hydrogens (tertiary/aromatic N) is 4. The SMILES string of the molecule is COc1ccc(Nc2c(-c3nccn3C)c(C)nn2-c2ccccc2C)c(C(=O)O)c1. The molecule has 158 valence electrons. The molecule has 2 aromatic heterocycles. The van der Waals surface area contributed by atoms with Crippen molar-refractivity contribution in [1.82, 2.24) is 19.3 Å². The molecule has 31 heavy (non-hydrogen) atoms. The number of aromatic nitrogens is 4. The van der Waals surface area contributed by atoms with Gasteiger partial charge in [-0.3, -0.25) is 0 Å². The molecule has 0 aliphatic rings. The molecule has 4 aromatic rings. The first-order chi connectivity index (χ1) is 14.9. The van der Waals surface area contributed by atoms with Gasteiger partial charge in [0, 0.05) is 19.4 Å². The fourth-order valence-corrected chi connectivity index (χ4v) is 3.56. The number of hydrogen-bond donors (Lipinski definition) is 2. The maximum absolute atomic E-state index is 11.9. The molecule has 0 fully saturated rings. The summed E-state index contributed by atoms with van der Waals surface area (Å²) in [6.45, 7) is 3.92. The minimum atomic E-state index is -1.06. The molecule has 0 radical (unpaired) electrons. The summed E-state index contributed by atoms with van der Waals surface area (Å²) in [6.07, 6.45) is 3.58. The van der Waals surface area contributed by atoms with Crippen LogP contribution in [0, 0.1) is 13.8 Å². The molecular formula is C23H23N5O3. The monoisotopic (exact) mass is 417 g/mol. The third kappa shape index (κ3) is 3.63. The second kappa shape index (κ2) is 7.98. The molecular weight excluding hydrogens is 394 g/mol. The van der Waals surface area contributed by atoms with E-state index in [4.69, 9.17) is 9.84 Å². The van der Waals surface area contributed by atoms with Gasteiger partial charge in [-0.05, 0) is 43.7 Å². The minimum absolute atomic E-state index is 0.0975. The zero-order chi connectivity index (χ0) is 22.1. The Balaban J connectivity index is 1.96. The van der Waals surface area contributed by atoms with Crippen molar-refractivity contribution >= 4 is 17.5 Å². The van der Waals surface area contributed by atoms with Crippen LogP contribution in [0.5, 0.6) is 5.75 Å². The zero-order valence-corrected chi connectivity index (χ0v) is 17.7. The molecule has 2 heterocycles. The lowest BCUT2D eigenvalue weighted by Gasteiger charge is -2.16. The van der Waals surface area contributed by atoms with Gasteiger partial charge in [-0.15, -0.1) is 0 Å². The van der Waals surface area contributed by atoms with Crippen LogP contribution in [0.25, 0.3) is 17.1 Å². The van der Waals surface area contributed by atoms with E-state index in [2.05, 4.69) is 10.3 Å². The molecule has 0 bridgehead atoms. The van der Waals surface area contributed by atoms with Crippen molar-refractivity contribution in [3.63, 3.8) is 0 Å². The fourth-order valence-electron chi connectivity index (χ4n) is 3.56. The Morgan fingerprint density at radius 1 is 1.16 bits per heavy atom. The lowest BCUT2D eigenvalue weighted by atomic mass is 10.1. The number of hydrogen-bond acceptors (Lipinski definition) is 5. The first-order valence-electron chi connectivity index (χ1n) is 9.72. The Labute approximate surface area is 179 Å². The molecule has 0 atom stereocenters. The average Bonchev–Trinajstić information content (AvgIpc) is 3.30. The van der Waals surface area contributed by atoms with Gasteiger partial charge in [0.2, 0.25) is 0 Å². The quantitative estimate of drug-likeness (QED) is 0.485. The van der Waals surface area contributed by atoms with Gasteiger partial charge in [0.25, 0.3) is 0 Å². The Morgan fingerprint density at radius 3 is 2.58 bits per heavy atom. The van der Waals surface area contributed by atoms with Crippen LogP contribution in [0.3, 0.4) is 0 Å². The fraction of sp³-hybridized carbons (Fsp3) is 0.174. The maximum atomic E-state index is 11.9. The smallest absolute Gasteiger partial charge is 0.337 e. The van der Waals surface area contributed by atoms with E-state index in [1.165, 1.54) is 13.2 Å². The summed E-state index contributed by atoms with van der Waals surface area (Å²) < 4.78 is 8.90. The Hall–Kier alpha value is -4.07. The second-order valence-corrected chi connectivity index (χ2v) is 7.21. The lowest BCUT2D eigenvalue weighted by molar-refractivity contribution is 0.0697. The molecule has 0 saturated heterocycles. The molecule has 0 aliphatic heterocycles. The van der Waals surface area contributed by atoms with E-state index in [9.17, 15) is 9.90 Å². The number of para-hydroxylation sites is 1. The summed E-state index contributed by atoms with van der Waals surface area (Å²) in [5.74, 6) is 0.772. The summed E-state index contributed by atoms with van der Waals surface area (Å²) in [5, 5.41) is 17.8. The number of aryl methyl sites for hydroxylation is 3. The number of rotatable bonds is 6. The van der Waals surface area contributed by atoms with Gasteiger partial charge in [0.1, 0.15) is 17.4 Å². The summed E-state index contributed by atoms with van der Waals surface area (Å²) in [6, 6.07) is 12.8. The number of ether oxygens (including phenoxy) is 1. The van der Waals surface area contributed by atoms with Crippen molar-refractivity contribution in [2.24, 2.45) is 7.05 Å². The standard InChI is InChI=1S/C23H23N5O3/c1-14-7-5-6-8-19(14)28-22(20(15(2)26-28)21-24-11-12-27(21)3)25-18-10-9-16(31-4)13-17(18)23(29)30/h5-13,25H,1-4H3,(H,29,30). The molecule has 0 aliphatic carbocycles. The first kappa shape index (κ1) is 20.2. The number of nitrogens with one attached hydrogen (secondary N) is 1. The zero-order valence-electron chi connectivity index (χ0n) is 17.7. The van der Waals surface area contributed by atoms with Crippen LogP contribution >= 0.6 is 0 Å². The molecule has 0 amide bonds. The molecule has 0 unspecified atom stereocenters. The molecule has 2 N–H and O–H groups in total. The highest BCUT2D eigenvalue weighted by Gasteiger charge is 2.23. The highest BCUT2D eigenvalue weighted by molar-refractivity contribution is 5.96. The van der Waals surface area contributed by atoms with Gasteiger partial charge >= 0.3 is 5.97 Å². The highest BCUT2D eigenvalue weighted by atomic mass is 16.5. The van der Waals surface area contributed by atoms with E-state index in [1.807, 2.05) is 55.9 Å². The highest BCUT2D eigenvalue weighted by Crippen LogP contribution is 2.36. The van der Waals surface area contributed by atoms with Crippen molar-refractivity contribution in [3.05, 3.63) is 71.7 Å². The summed E-state index contributed by atoms with van der Waals surface area (Å²) in [7, 11) is 3.41. The van der Waals surface area contributed by atoms with Gasteiger partial charge < -0.3 is 19.7 Å². The average molecular weight is 417 g/mol. The van der Waals surface area contributed by atoms with Crippen molar-refractivity contribution in [2.45, 2.75) is 13.8 Å². The normalized spacial score (nSPS) is 10.8. The van der Waals surface area contributed by atoms with Crippen LogP contribution < -0.4 is 10.1 Å². The first-order valence-corrected chi connectivity index (χ1v) is 9.72. The van der Waals surface area contributed by atoms with Gasteiger partial charge in [0.15, 0.2) is 0 Å². The molecule has 2 aromatic carbocycles. The largest absolute Gasteiger partial charge is 0.497 e.